The molecule has 0 radical (unpaired) electrons. The van der Waals surface area contributed by atoms with E-state index >= 15 is 0 Å². The first kappa shape index (κ1) is 14.8. The van der Waals surface area contributed by atoms with E-state index in [9.17, 15) is 0 Å². The van der Waals surface area contributed by atoms with Gasteiger partial charge in [0, 0.05) is 11.3 Å². The van der Waals surface area contributed by atoms with Gasteiger partial charge in [0.15, 0.2) is 5.82 Å². The highest BCUT2D eigenvalue weighted by atomic mass is 35.5. The Kier molecular flexibility index (Phi) is 4.96. The fraction of sp³-hybridized carbons (Fsp3) is 0.375. The van der Waals surface area contributed by atoms with Crippen LogP contribution in [0.25, 0.3) is 11.4 Å². The average molecular weight is 291 g/mol. The number of hydrogen-bond donors (Lipinski definition) is 0. The highest BCUT2D eigenvalue weighted by molar-refractivity contribution is 6.29. The number of hydrogen-bond acceptors (Lipinski definition) is 3. The maximum absolute atomic E-state index is 6.10. The summed E-state index contributed by atoms with van der Waals surface area (Å²) in [6.07, 6.45) is 0.889. The van der Waals surface area contributed by atoms with Crippen LogP contribution in [0, 0.1) is 5.92 Å². The molecular formula is C16H19ClN2O. The van der Waals surface area contributed by atoms with E-state index in [1.54, 1.807) is 0 Å². The number of halogens is 1. The molecule has 4 heteroatoms. The average Bonchev–Trinajstić information content (AvgIpc) is 2.38. The number of ether oxygens (including phenoxy) is 1. The monoisotopic (exact) mass is 290 g/mol. The van der Waals surface area contributed by atoms with Crippen molar-refractivity contribution in [3.05, 3.63) is 41.2 Å². The molecule has 0 saturated heterocycles. The van der Waals surface area contributed by atoms with Gasteiger partial charge in [0.05, 0.1) is 6.61 Å². The van der Waals surface area contributed by atoms with E-state index in [1.807, 2.05) is 37.3 Å². The third-order valence-electron chi connectivity index (χ3n) is 2.77. The van der Waals surface area contributed by atoms with Crippen molar-refractivity contribution in [3.8, 4) is 17.1 Å². The molecule has 0 aliphatic carbocycles. The Morgan fingerprint density at radius 1 is 1.20 bits per heavy atom. The van der Waals surface area contributed by atoms with Gasteiger partial charge in [-0.1, -0.05) is 37.6 Å². The summed E-state index contributed by atoms with van der Waals surface area (Å²) in [7, 11) is 0. The summed E-state index contributed by atoms with van der Waals surface area (Å²) in [5.41, 5.74) is 1.89. The lowest BCUT2D eigenvalue weighted by molar-refractivity contribution is 0.340. The van der Waals surface area contributed by atoms with Crippen LogP contribution in [-0.4, -0.2) is 16.6 Å². The molecule has 0 atom stereocenters. The van der Waals surface area contributed by atoms with Crippen molar-refractivity contribution < 1.29 is 4.74 Å². The Bertz CT molecular complexity index is 584. The molecule has 0 amide bonds. The highest BCUT2D eigenvalue weighted by Gasteiger charge is 2.08. The fourth-order valence-electron chi connectivity index (χ4n) is 2.01. The molecule has 0 N–H and O–H groups in total. The standard InChI is InChI=1S/C16H19ClN2O/c1-4-20-14-7-5-6-12(9-14)16-18-13(8-11(2)3)10-15(17)19-16/h5-7,9-11H,4,8H2,1-3H3. The molecular weight excluding hydrogens is 272 g/mol. The summed E-state index contributed by atoms with van der Waals surface area (Å²) in [6, 6.07) is 9.60. The predicted octanol–water partition coefficient (Wildman–Crippen LogP) is 4.39. The third-order valence-corrected chi connectivity index (χ3v) is 2.96. The molecule has 1 aromatic carbocycles. The summed E-state index contributed by atoms with van der Waals surface area (Å²) in [5.74, 6) is 2.00. The lowest BCUT2D eigenvalue weighted by atomic mass is 10.1. The number of aromatic nitrogens is 2. The number of rotatable bonds is 5. The first-order valence-electron chi connectivity index (χ1n) is 6.85. The molecule has 3 nitrogen and oxygen atoms in total. The normalized spacial score (nSPS) is 10.8. The van der Waals surface area contributed by atoms with E-state index in [1.165, 1.54) is 0 Å². The molecule has 2 aromatic rings. The molecule has 1 aromatic heterocycles. The number of benzene rings is 1. The second-order valence-corrected chi connectivity index (χ2v) is 5.45. The maximum atomic E-state index is 6.10. The summed E-state index contributed by atoms with van der Waals surface area (Å²) in [5, 5.41) is 0.479. The summed E-state index contributed by atoms with van der Waals surface area (Å²) < 4.78 is 5.50. The fourth-order valence-corrected chi connectivity index (χ4v) is 2.21. The smallest absolute Gasteiger partial charge is 0.161 e. The SMILES string of the molecule is CCOc1cccc(-c2nc(Cl)cc(CC(C)C)n2)c1. The van der Waals surface area contributed by atoms with Crippen molar-refractivity contribution in [2.45, 2.75) is 27.2 Å². The van der Waals surface area contributed by atoms with Gasteiger partial charge >= 0.3 is 0 Å². The van der Waals surface area contributed by atoms with E-state index in [0.717, 1.165) is 23.4 Å². The van der Waals surface area contributed by atoms with Gasteiger partial charge in [-0.3, -0.25) is 0 Å². The van der Waals surface area contributed by atoms with Crippen LogP contribution in [0.1, 0.15) is 26.5 Å². The Morgan fingerprint density at radius 3 is 2.70 bits per heavy atom. The minimum atomic E-state index is 0.479. The minimum absolute atomic E-state index is 0.479. The highest BCUT2D eigenvalue weighted by Crippen LogP contribution is 2.23. The van der Waals surface area contributed by atoms with E-state index in [0.29, 0.717) is 23.5 Å². The molecule has 2 rings (SSSR count). The second kappa shape index (κ2) is 6.71. The van der Waals surface area contributed by atoms with Gasteiger partial charge < -0.3 is 4.74 Å². The van der Waals surface area contributed by atoms with Crippen molar-refractivity contribution in [1.29, 1.82) is 0 Å². The molecule has 106 valence electrons. The van der Waals surface area contributed by atoms with Gasteiger partial charge in [-0.2, -0.15) is 0 Å². The molecule has 20 heavy (non-hydrogen) atoms. The van der Waals surface area contributed by atoms with E-state index < -0.39 is 0 Å². The van der Waals surface area contributed by atoms with Crippen molar-refractivity contribution >= 4 is 11.6 Å². The first-order chi connectivity index (χ1) is 9.58. The summed E-state index contributed by atoms with van der Waals surface area (Å²) in [6.45, 7) is 6.92. The summed E-state index contributed by atoms with van der Waals surface area (Å²) in [4.78, 5) is 8.91. The molecule has 0 aliphatic heterocycles. The quantitative estimate of drug-likeness (QED) is 0.766. The van der Waals surface area contributed by atoms with E-state index in [-0.39, 0.29) is 0 Å². The first-order valence-corrected chi connectivity index (χ1v) is 7.23. The lowest BCUT2D eigenvalue weighted by Crippen LogP contribution is -2.01. The van der Waals surface area contributed by atoms with Crippen molar-refractivity contribution in [1.82, 2.24) is 9.97 Å². The number of nitrogens with zero attached hydrogens (tertiary/aromatic N) is 2. The molecule has 0 fully saturated rings. The lowest BCUT2D eigenvalue weighted by Gasteiger charge is -2.09. The van der Waals surface area contributed by atoms with Crippen molar-refractivity contribution in [2.24, 2.45) is 5.92 Å². The van der Waals surface area contributed by atoms with Crippen LogP contribution in [0.15, 0.2) is 30.3 Å². The van der Waals surface area contributed by atoms with Gasteiger partial charge in [0.25, 0.3) is 0 Å². The largest absolute Gasteiger partial charge is 0.494 e. The molecule has 0 saturated carbocycles. The van der Waals surface area contributed by atoms with Crippen LogP contribution in [-0.2, 0) is 6.42 Å². The van der Waals surface area contributed by atoms with E-state index in [4.69, 9.17) is 16.3 Å². The topological polar surface area (TPSA) is 35.0 Å². The van der Waals surface area contributed by atoms with Crippen LogP contribution >= 0.6 is 11.6 Å². The third kappa shape index (κ3) is 3.94. The molecule has 0 aliphatic rings. The zero-order chi connectivity index (χ0) is 14.5. The molecule has 0 unspecified atom stereocenters. The van der Waals surface area contributed by atoms with Gasteiger partial charge in [-0.05, 0) is 37.5 Å². The van der Waals surface area contributed by atoms with Crippen LogP contribution in [0.3, 0.4) is 0 Å². The van der Waals surface area contributed by atoms with Gasteiger partial charge in [0.1, 0.15) is 10.9 Å². The van der Waals surface area contributed by atoms with Gasteiger partial charge in [-0.15, -0.1) is 0 Å². The molecule has 0 bridgehead atoms. The summed E-state index contributed by atoms with van der Waals surface area (Å²) >= 11 is 6.10. The van der Waals surface area contributed by atoms with Crippen LogP contribution in [0.5, 0.6) is 5.75 Å². The van der Waals surface area contributed by atoms with Gasteiger partial charge in [-0.25, -0.2) is 9.97 Å². The van der Waals surface area contributed by atoms with Crippen molar-refractivity contribution in [2.75, 3.05) is 6.61 Å². The zero-order valence-electron chi connectivity index (χ0n) is 12.1. The maximum Gasteiger partial charge on any atom is 0.161 e. The Morgan fingerprint density at radius 2 is 2.00 bits per heavy atom. The van der Waals surface area contributed by atoms with Gasteiger partial charge in [0.2, 0.25) is 0 Å². The molecule has 1 heterocycles. The Labute approximate surface area is 125 Å². The Balaban J connectivity index is 2.36. The van der Waals surface area contributed by atoms with E-state index in [2.05, 4.69) is 23.8 Å². The van der Waals surface area contributed by atoms with Crippen LogP contribution in [0.4, 0.5) is 0 Å². The second-order valence-electron chi connectivity index (χ2n) is 5.06. The predicted molar refractivity (Wildman–Crippen MR) is 82.2 cm³/mol. The molecule has 0 spiro atoms. The van der Waals surface area contributed by atoms with Crippen LogP contribution in [0.2, 0.25) is 5.15 Å². The minimum Gasteiger partial charge on any atom is -0.494 e. The van der Waals surface area contributed by atoms with Crippen molar-refractivity contribution in [3.63, 3.8) is 0 Å². The zero-order valence-corrected chi connectivity index (χ0v) is 12.8. The Hall–Kier alpha value is -1.61. The van der Waals surface area contributed by atoms with Crippen LogP contribution < -0.4 is 4.74 Å².